The molecule has 1 aromatic carbocycles. The highest BCUT2D eigenvalue weighted by atomic mass is 35.5. The minimum absolute atomic E-state index is 0.0602. The second-order valence-corrected chi connectivity index (χ2v) is 6.89. The summed E-state index contributed by atoms with van der Waals surface area (Å²) in [4.78, 5) is 25.8. The van der Waals surface area contributed by atoms with Gasteiger partial charge < -0.3 is 10.0 Å². The maximum absolute atomic E-state index is 12.4. The van der Waals surface area contributed by atoms with Crippen molar-refractivity contribution in [3.05, 3.63) is 34.9 Å². The molecule has 1 saturated carbocycles. The van der Waals surface area contributed by atoms with Gasteiger partial charge in [0.05, 0.1) is 5.41 Å². The molecule has 1 N–H and O–H groups in total. The number of hydrogen-bond acceptors (Lipinski definition) is 2. The molecule has 0 unspecified atom stereocenters. The predicted molar refractivity (Wildman–Crippen MR) is 83.8 cm³/mol. The molecule has 5 heteroatoms. The quantitative estimate of drug-likeness (QED) is 0.927. The van der Waals surface area contributed by atoms with Gasteiger partial charge in [0.1, 0.15) is 0 Å². The fourth-order valence-corrected chi connectivity index (χ4v) is 4.02. The highest BCUT2D eigenvalue weighted by Gasteiger charge is 2.55. The number of carbonyl (C=O) groups excluding carboxylic acids is 1. The summed E-state index contributed by atoms with van der Waals surface area (Å²) in [5, 5.41) is 10.2. The van der Waals surface area contributed by atoms with Gasteiger partial charge >= 0.3 is 5.97 Å². The molecule has 1 aromatic rings. The Balaban J connectivity index is 1.60. The van der Waals surface area contributed by atoms with Crippen LogP contribution in [-0.2, 0) is 16.0 Å². The van der Waals surface area contributed by atoms with Gasteiger partial charge in [-0.25, -0.2) is 0 Å². The Kier molecular flexibility index (Phi) is 4.13. The number of hydrogen-bond donors (Lipinski definition) is 1. The number of halogens is 1. The van der Waals surface area contributed by atoms with E-state index in [9.17, 15) is 14.7 Å². The average Bonchev–Trinajstić information content (AvgIpc) is 3.04. The van der Waals surface area contributed by atoms with Crippen LogP contribution >= 0.6 is 11.6 Å². The van der Waals surface area contributed by atoms with Gasteiger partial charge in [0.2, 0.25) is 5.91 Å². The van der Waals surface area contributed by atoms with E-state index in [4.69, 9.17) is 11.6 Å². The third-order valence-electron chi connectivity index (χ3n) is 5.19. The smallest absolute Gasteiger partial charge is 0.311 e. The average molecular weight is 322 g/mol. The van der Waals surface area contributed by atoms with E-state index < -0.39 is 11.4 Å². The monoisotopic (exact) mass is 321 g/mol. The van der Waals surface area contributed by atoms with Crippen LogP contribution in [0.25, 0.3) is 0 Å². The molecule has 2 aliphatic rings. The summed E-state index contributed by atoms with van der Waals surface area (Å²) in [6.07, 6.45) is 3.67. The van der Waals surface area contributed by atoms with Crippen molar-refractivity contribution in [2.24, 2.45) is 11.3 Å². The SMILES string of the molecule is O=C(CCc1ccc(Cl)cc1)N1C[C@@H]2CCC[C@@]2(C(=O)O)C1. The van der Waals surface area contributed by atoms with Crippen LogP contribution in [0, 0.1) is 11.3 Å². The van der Waals surface area contributed by atoms with Gasteiger partial charge in [-0.2, -0.15) is 0 Å². The maximum Gasteiger partial charge on any atom is 0.311 e. The van der Waals surface area contributed by atoms with Crippen LogP contribution < -0.4 is 0 Å². The third kappa shape index (κ3) is 2.72. The standard InChI is InChI=1S/C17H20ClNO3/c18-14-6-3-12(4-7-14)5-8-15(20)19-10-13-2-1-9-17(13,11-19)16(21)22/h3-4,6-7,13H,1-2,5,8-11H2,(H,21,22)/t13-,17+/m0/s1. The van der Waals surface area contributed by atoms with Crippen molar-refractivity contribution in [1.29, 1.82) is 0 Å². The molecule has 2 atom stereocenters. The normalized spacial score (nSPS) is 27.0. The summed E-state index contributed by atoms with van der Waals surface area (Å²) < 4.78 is 0. The van der Waals surface area contributed by atoms with Gasteiger partial charge in [-0.3, -0.25) is 9.59 Å². The largest absolute Gasteiger partial charge is 0.481 e. The molecule has 4 nitrogen and oxygen atoms in total. The van der Waals surface area contributed by atoms with Crippen LogP contribution in [0.2, 0.25) is 5.02 Å². The summed E-state index contributed by atoms with van der Waals surface area (Å²) in [6, 6.07) is 7.49. The van der Waals surface area contributed by atoms with E-state index in [0.717, 1.165) is 18.4 Å². The lowest BCUT2D eigenvalue weighted by Gasteiger charge is -2.23. The maximum atomic E-state index is 12.4. The molecule has 1 saturated heterocycles. The lowest BCUT2D eigenvalue weighted by atomic mass is 9.81. The van der Waals surface area contributed by atoms with E-state index in [1.54, 1.807) is 4.90 Å². The molecule has 3 rings (SSSR count). The van der Waals surface area contributed by atoms with Crippen molar-refractivity contribution in [3.63, 3.8) is 0 Å². The summed E-state index contributed by atoms with van der Waals surface area (Å²) in [6.45, 7) is 0.984. The highest BCUT2D eigenvalue weighted by molar-refractivity contribution is 6.30. The number of aryl methyl sites for hydroxylation is 1. The first-order valence-electron chi connectivity index (χ1n) is 7.77. The van der Waals surface area contributed by atoms with Gasteiger partial charge in [0, 0.05) is 24.5 Å². The number of aliphatic carboxylic acids is 1. The molecule has 1 amide bonds. The number of carboxylic acid groups (broad SMARTS) is 1. The zero-order chi connectivity index (χ0) is 15.7. The van der Waals surface area contributed by atoms with Gasteiger partial charge in [-0.05, 0) is 42.9 Å². The van der Waals surface area contributed by atoms with Crippen LogP contribution in [0.4, 0.5) is 0 Å². The van der Waals surface area contributed by atoms with Crippen LogP contribution in [0.3, 0.4) is 0 Å². The Hall–Kier alpha value is -1.55. The molecule has 0 radical (unpaired) electrons. The topological polar surface area (TPSA) is 57.6 Å². The number of rotatable bonds is 4. The minimum atomic E-state index is -0.733. The highest BCUT2D eigenvalue weighted by Crippen LogP contribution is 2.48. The summed E-state index contributed by atoms with van der Waals surface area (Å²) in [5.41, 5.74) is 0.390. The number of likely N-dealkylation sites (tertiary alicyclic amines) is 1. The Morgan fingerprint density at radius 1 is 1.32 bits per heavy atom. The second kappa shape index (κ2) is 5.92. The Labute approximate surface area is 135 Å². The fraction of sp³-hybridized carbons (Fsp3) is 0.529. The molecule has 1 aliphatic heterocycles. The third-order valence-corrected chi connectivity index (χ3v) is 5.44. The van der Waals surface area contributed by atoms with E-state index in [2.05, 4.69) is 0 Å². The Morgan fingerprint density at radius 3 is 2.68 bits per heavy atom. The van der Waals surface area contributed by atoms with E-state index in [0.29, 0.717) is 37.4 Å². The summed E-state index contributed by atoms with van der Waals surface area (Å²) >= 11 is 5.85. The Morgan fingerprint density at radius 2 is 2.05 bits per heavy atom. The molecule has 1 aliphatic carbocycles. The van der Waals surface area contributed by atoms with Crippen molar-refractivity contribution in [2.75, 3.05) is 13.1 Å². The molecule has 22 heavy (non-hydrogen) atoms. The number of benzene rings is 1. The van der Waals surface area contributed by atoms with E-state index in [1.807, 2.05) is 24.3 Å². The molecular formula is C17H20ClNO3. The van der Waals surface area contributed by atoms with Gasteiger partial charge in [-0.1, -0.05) is 30.2 Å². The Bertz CT molecular complexity index is 586. The van der Waals surface area contributed by atoms with Crippen LogP contribution in [0.5, 0.6) is 0 Å². The number of nitrogens with zero attached hydrogens (tertiary/aromatic N) is 1. The van der Waals surface area contributed by atoms with Gasteiger partial charge in [-0.15, -0.1) is 0 Å². The molecule has 118 valence electrons. The molecular weight excluding hydrogens is 302 g/mol. The molecule has 0 aromatic heterocycles. The molecule has 0 bridgehead atoms. The lowest BCUT2D eigenvalue weighted by molar-refractivity contribution is -0.149. The summed E-state index contributed by atoms with van der Waals surface area (Å²) in [7, 11) is 0. The minimum Gasteiger partial charge on any atom is -0.481 e. The van der Waals surface area contributed by atoms with Crippen molar-refractivity contribution >= 4 is 23.5 Å². The predicted octanol–water partition coefficient (Wildman–Crippen LogP) is 2.99. The first kappa shape index (κ1) is 15.3. The number of fused-ring (bicyclic) bond motifs is 1. The van der Waals surface area contributed by atoms with Crippen molar-refractivity contribution in [2.45, 2.75) is 32.1 Å². The number of carboxylic acids is 1. The molecule has 2 fully saturated rings. The lowest BCUT2D eigenvalue weighted by Crippen LogP contribution is -2.37. The summed E-state index contributed by atoms with van der Waals surface area (Å²) in [5.74, 6) is -0.544. The number of carbonyl (C=O) groups is 2. The van der Waals surface area contributed by atoms with E-state index >= 15 is 0 Å². The van der Waals surface area contributed by atoms with Gasteiger partial charge in [0.25, 0.3) is 0 Å². The van der Waals surface area contributed by atoms with E-state index in [1.165, 1.54) is 0 Å². The zero-order valence-electron chi connectivity index (χ0n) is 12.4. The van der Waals surface area contributed by atoms with Crippen LogP contribution in [0.15, 0.2) is 24.3 Å². The van der Waals surface area contributed by atoms with E-state index in [-0.39, 0.29) is 11.8 Å². The van der Waals surface area contributed by atoms with Crippen LogP contribution in [-0.4, -0.2) is 35.0 Å². The van der Waals surface area contributed by atoms with Crippen LogP contribution in [0.1, 0.15) is 31.2 Å². The molecule has 0 spiro atoms. The number of amides is 1. The first-order chi connectivity index (χ1) is 10.5. The second-order valence-electron chi connectivity index (χ2n) is 6.45. The zero-order valence-corrected chi connectivity index (χ0v) is 13.2. The fourth-order valence-electron chi connectivity index (χ4n) is 3.89. The van der Waals surface area contributed by atoms with Crippen molar-refractivity contribution in [3.8, 4) is 0 Å². The van der Waals surface area contributed by atoms with Crippen molar-refractivity contribution < 1.29 is 14.7 Å². The van der Waals surface area contributed by atoms with Crippen molar-refractivity contribution in [1.82, 2.24) is 4.90 Å². The molecule has 1 heterocycles. The first-order valence-corrected chi connectivity index (χ1v) is 8.15. The van der Waals surface area contributed by atoms with Gasteiger partial charge in [0.15, 0.2) is 0 Å².